The molecule has 0 N–H and O–H groups in total. The Labute approximate surface area is 88.1 Å². The van der Waals surface area contributed by atoms with Gasteiger partial charge in [-0.25, -0.2) is 4.68 Å². The molecule has 0 amide bonds. The zero-order chi connectivity index (χ0) is 10.1. The van der Waals surface area contributed by atoms with Gasteiger partial charge in [0.25, 0.3) is 0 Å². The first kappa shape index (κ1) is 9.28. The fraction of sp³-hybridized carbons (Fsp3) is 0.182. The fourth-order valence-corrected chi connectivity index (χ4v) is 1.53. The van der Waals surface area contributed by atoms with Crippen LogP contribution in [0.4, 0.5) is 0 Å². The van der Waals surface area contributed by atoms with Crippen LogP contribution in [-0.4, -0.2) is 9.78 Å². The Morgan fingerprint density at radius 1 is 1.14 bits per heavy atom. The summed E-state index contributed by atoms with van der Waals surface area (Å²) in [4.78, 5) is 0. The molecule has 0 radical (unpaired) electrons. The monoisotopic (exact) mass is 206 g/mol. The van der Waals surface area contributed by atoms with Crippen LogP contribution in [-0.2, 0) is 0 Å². The summed E-state index contributed by atoms with van der Waals surface area (Å²) in [6, 6.07) is 7.94. The summed E-state index contributed by atoms with van der Waals surface area (Å²) >= 11 is 5.97. The minimum absolute atomic E-state index is 0.633. The van der Waals surface area contributed by atoms with Crippen LogP contribution in [0, 0.1) is 13.8 Å². The quantitative estimate of drug-likeness (QED) is 0.701. The summed E-state index contributed by atoms with van der Waals surface area (Å²) < 4.78 is 1.72. The molecule has 0 aliphatic heterocycles. The van der Waals surface area contributed by atoms with Crippen molar-refractivity contribution in [2.24, 2.45) is 0 Å². The van der Waals surface area contributed by atoms with E-state index >= 15 is 0 Å². The van der Waals surface area contributed by atoms with E-state index in [0.29, 0.717) is 5.15 Å². The van der Waals surface area contributed by atoms with Crippen molar-refractivity contribution in [3.8, 4) is 5.69 Å². The van der Waals surface area contributed by atoms with Gasteiger partial charge in [-0.15, -0.1) is 0 Å². The maximum atomic E-state index is 5.97. The van der Waals surface area contributed by atoms with Crippen LogP contribution in [0.5, 0.6) is 0 Å². The minimum Gasteiger partial charge on any atom is -0.222 e. The molecular weight excluding hydrogens is 196 g/mol. The zero-order valence-corrected chi connectivity index (χ0v) is 8.92. The van der Waals surface area contributed by atoms with Crippen LogP contribution in [0.2, 0.25) is 5.15 Å². The van der Waals surface area contributed by atoms with E-state index < -0.39 is 0 Å². The van der Waals surface area contributed by atoms with Crippen LogP contribution in [0.25, 0.3) is 5.69 Å². The first-order valence-corrected chi connectivity index (χ1v) is 4.83. The molecule has 2 rings (SSSR count). The molecule has 2 aromatic rings. The van der Waals surface area contributed by atoms with Gasteiger partial charge in [-0.1, -0.05) is 17.7 Å². The van der Waals surface area contributed by atoms with Gasteiger partial charge in [0.1, 0.15) is 5.15 Å². The molecule has 72 valence electrons. The van der Waals surface area contributed by atoms with E-state index in [1.807, 2.05) is 6.07 Å². The Bertz CT molecular complexity index is 460. The summed E-state index contributed by atoms with van der Waals surface area (Å²) in [6.45, 7) is 4.17. The number of hydrogen-bond donors (Lipinski definition) is 0. The SMILES string of the molecule is Cc1ccc(-n2nccc2Cl)cc1C. The summed E-state index contributed by atoms with van der Waals surface area (Å²) in [5.41, 5.74) is 3.52. The molecule has 0 saturated carbocycles. The van der Waals surface area contributed by atoms with Gasteiger partial charge in [0, 0.05) is 0 Å². The number of benzene rings is 1. The third-order valence-corrected chi connectivity index (χ3v) is 2.62. The van der Waals surface area contributed by atoms with E-state index in [2.05, 4.69) is 31.1 Å². The van der Waals surface area contributed by atoms with Gasteiger partial charge in [-0.3, -0.25) is 0 Å². The first-order valence-electron chi connectivity index (χ1n) is 4.45. The van der Waals surface area contributed by atoms with Gasteiger partial charge in [0.05, 0.1) is 11.9 Å². The van der Waals surface area contributed by atoms with Gasteiger partial charge >= 0.3 is 0 Å². The molecule has 0 atom stereocenters. The normalized spacial score (nSPS) is 10.5. The highest BCUT2D eigenvalue weighted by Gasteiger charge is 2.02. The van der Waals surface area contributed by atoms with Crippen LogP contribution in [0.3, 0.4) is 0 Å². The predicted molar refractivity (Wildman–Crippen MR) is 58.0 cm³/mol. The summed E-state index contributed by atoms with van der Waals surface area (Å²) in [5.74, 6) is 0. The van der Waals surface area contributed by atoms with Crippen molar-refractivity contribution in [1.29, 1.82) is 0 Å². The third kappa shape index (κ3) is 1.53. The van der Waals surface area contributed by atoms with Crippen molar-refractivity contribution >= 4 is 11.6 Å². The van der Waals surface area contributed by atoms with E-state index in [4.69, 9.17) is 11.6 Å². The van der Waals surface area contributed by atoms with E-state index in [9.17, 15) is 0 Å². The summed E-state index contributed by atoms with van der Waals surface area (Å²) in [5, 5.41) is 4.77. The van der Waals surface area contributed by atoms with Crippen LogP contribution in [0.15, 0.2) is 30.5 Å². The molecule has 0 spiro atoms. The molecule has 3 heteroatoms. The first-order chi connectivity index (χ1) is 6.68. The second-order valence-corrected chi connectivity index (χ2v) is 3.72. The van der Waals surface area contributed by atoms with E-state index in [0.717, 1.165) is 5.69 Å². The lowest BCUT2D eigenvalue weighted by atomic mass is 10.1. The minimum atomic E-state index is 0.633. The summed E-state index contributed by atoms with van der Waals surface area (Å²) in [7, 11) is 0. The topological polar surface area (TPSA) is 17.8 Å². The van der Waals surface area contributed by atoms with Gasteiger partial charge in [0.2, 0.25) is 0 Å². The molecule has 1 heterocycles. The van der Waals surface area contributed by atoms with Gasteiger partial charge in [-0.2, -0.15) is 5.10 Å². The van der Waals surface area contributed by atoms with E-state index in [-0.39, 0.29) is 0 Å². The average molecular weight is 207 g/mol. The van der Waals surface area contributed by atoms with Crippen LogP contribution >= 0.6 is 11.6 Å². The van der Waals surface area contributed by atoms with Crippen LogP contribution in [0.1, 0.15) is 11.1 Å². The van der Waals surface area contributed by atoms with Crippen molar-refractivity contribution in [1.82, 2.24) is 9.78 Å². The van der Waals surface area contributed by atoms with E-state index in [1.165, 1.54) is 11.1 Å². The highest BCUT2D eigenvalue weighted by molar-refractivity contribution is 6.29. The Kier molecular flexibility index (Phi) is 2.30. The van der Waals surface area contributed by atoms with Crippen molar-refractivity contribution in [3.05, 3.63) is 46.7 Å². The lowest BCUT2D eigenvalue weighted by Gasteiger charge is -2.05. The number of hydrogen-bond acceptors (Lipinski definition) is 1. The molecule has 0 bridgehead atoms. The second-order valence-electron chi connectivity index (χ2n) is 3.33. The van der Waals surface area contributed by atoms with Gasteiger partial charge in [0.15, 0.2) is 0 Å². The third-order valence-electron chi connectivity index (χ3n) is 2.33. The van der Waals surface area contributed by atoms with Gasteiger partial charge in [-0.05, 0) is 43.2 Å². The molecule has 0 aliphatic carbocycles. The lowest BCUT2D eigenvalue weighted by Crippen LogP contribution is -1.96. The average Bonchev–Trinajstić information content (AvgIpc) is 2.57. The predicted octanol–water partition coefficient (Wildman–Crippen LogP) is 3.14. The highest BCUT2D eigenvalue weighted by Crippen LogP contribution is 2.17. The fourth-order valence-electron chi connectivity index (χ4n) is 1.33. The summed E-state index contributed by atoms with van der Waals surface area (Å²) in [6.07, 6.45) is 1.69. The largest absolute Gasteiger partial charge is 0.222 e. The lowest BCUT2D eigenvalue weighted by molar-refractivity contribution is 0.879. The molecule has 2 nitrogen and oxygen atoms in total. The van der Waals surface area contributed by atoms with Crippen LogP contribution < -0.4 is 0 Å². The number of aromatic nitrogens is 2. The standard InChI is InChI=1S/C11H11ClN2/c1-8-3-4-10(7-9(8)2)14-11(12)5-6-13-14/h3-7H,1-2H3. The molecule has 0 unspecified atom stereocenters. The highest BCUT2D eigenvalue weighted by atomic mass is 35.5. The Morgan fingerprint density at radius 3 is 2.50 bits per heavy atom. The maximum absolute atomic E-state index is 5.97. The van der Waals surface area contributed by atoms with Crippen molar-refractivity contribution in [2.75, 3.05) is 0 Å². The Hall–Kier alpha value is -1.28. The molecular formula is C11H11ClN2. The maximum Gasteiger partial charge on any atom is 0.132 e. The van der Waals surface area contributed by atoms with Crippen molar-refractivity contribution in [3.63, 3.8) is 0 Å². The van der Waals surface area contributed by atoms with E-state index in [1.54, 1.807) is 16.9 Å². The van der Waals surface area contributed by atoms with Crippen molar-refractivity contribution in [2.45, 2.75) is 13.8 Å². The zero-order valence-electron chi connectivity index (χ0n) is 8.16. The number of halogens is 1. The Morgan fingerprint density at radius 2 is 1.93 bits per heavy atom. The van der Waals surface area contributed by atoms with Gasteiger partial charge < -0.3 is 0 Å². The molecule has 0 fully saturated rings. The second kappa shape index (κ2) is 3.46. The Balaban J connectivity index is 2.53. The van der Waals surface area contributed by atoms with Crippen molar-refractivity contribution < 1.29 is 0 Å². The molecule has 0 saturated heterocycles. The number of rotatable bonds is 1. The molecule has 0 aliphatic rings. The number of nitrogens with zero attached hydrogens (tertiary/aromatic N) is 2. The number of aryl methyl sites for hydroxylation is 2. The molecule has 14 heavy (non-hydrogen) atoms. The molecule has 1 aromatic carbocycles. The smallest absolute Gasteiger partial charge is 0.132 e. The molecule has 1 aromatic heterocycles.